The van der Waals surface area contributed by atoms with Crippen molar-refractivity contribution in [1.82, 2.24) is 9.97 Å². The number of rotatable bonds is 4. The van der Waals surface area contributed by atoms with Gasteiger partial charge in [-0.25, -0.2) is 9.97 Å². The van der Waals surface area contributed by atoms with E-state index in [0.29, 0.717) is 12.0 Å². The molecule has 0 radical (unpaired) electrons. The fraction of sp³-hybridized carbons (Fsp3) is 0.692. The molecular weight excluding hydrogens is 198 g/mol. The summed E-state index contributed by atoms with van der Waals surface area (Å²) in [6.45, 7) is 6.56. The molecule has 16 heavy (non-hydrogen) atoms. The van der Waals surface area contributed by atoms with Gasteiger partial charge in [-0.3, -0.25) is 0 Å². The van der Waals surface area contributed by atoms with Gasteiger partial charge in [0.15, 0.2) is 0 Å². The highest BCUT2D eigenvalue weighted by molar-refractivity contribution is 5.36. The molecule has 1 atom stereocenters. The maximum atomic E-state index is 4.28. The Balaban J connectivity index is 2.00. The molecule has 0 bridgehead atoms. The molecule has 1 aliphatic rings. The number of nitrogens with one attached hydrogen (secondary N) is 1. The summed E-state index contributed by atoms with van der Waals surface area (Å²) in [5.74, 6) is 2.26. The van der Waals surface area contributed by atoms with Crippen LogP contribution in [0.2, 0.25) is 0 Å². The van der Waals surface area contributed by atoms with Gasteiger partial charge in [0.05, 0.1) is 0 Å². The van der Waals surface area contributed by atoms with E-state index in [0.717, 1.165) is 17.4 Å². The lowest BCUT2D eigenvalue weighted by atomic mass is 9.80. The van der Waals surface area contributed by atoms with E-state index in [4.69, 9.17) is 0 Å². The molecular formula is C13H21N3. The SMILES string of the molecule is CC(C)c1cc(NC(C)C2CCC2)ncn1. The zero-order valence-electron chi connectivity index (χ0n) is 10.4. The predicted molar refractivity (Wildman–Crippen MR) is 66.5 cm³/mol. The summed E-state index contributed by atoms with van der Waals surface area (Å²) in [6.07, 6.45) is 5.76. The topological polar surface area (TPSA) is 37.8 Å². The lowest BCUT2D eigenvalue weighted by Gasteiger charge is -2.32. The molecule has 0 amide bonds. The molecule has 0 spiro atoms. The van der Waals surface area contributed by atoms with Crippen LogP contribution in [0.4, 0.5) is 5.82 Å². The van der Waals surface area contributed by atoms with E-state index in [1.165, 1.54) is 19.3 Å². The fourth-order valence-corrected chi connectivity index (χ4v) is 2.06. The highest BCUT2D eigenvalue weighted by Gasteiger charge is 2.23. The second-order valence-corrected chi connectivity index (χ2v) is 5.11. The minimum Gasteiger partial charge on any atom is -0.367 e. The van der Waals surface area contributed by atoms with Crippen LogP contribution >= 0.6 is 0 Å². The summed E-state index contributed by atoms with van der Waals surface area (Å²) in [5.41, 5.74) is 1.11. The quantitative estimate of drug-likeness (QED) is 0.845. The molecule has 3 heteroatoms. The Bertz CT molecular complexity index is 345. The van der Waals surface area contributed by atoms with Gasteiger partial charge in [0, 0.05) is 17.8 Å². The first-order valence-electron chi connectivity index (χ1n) is 6.25. The van der Waals surface area contributed by atoms with Crippen LogP contribution in [0.1, 0.15) is 51.6 Å². The monoisotopic (exact) mass is 219 g/mol. The first kappa shape index (κ1) is 11.4. The van der Waals surface area contributed by atoms with E-state index in [-0.39, 0.29) is 0 Å². The molecule has 1 aliphatic carbocycles. The van der Waals surface area contributed by atoms with Crippen molar-refractivity contribution in [2.75, 3.05) is 5.32 Å². The summed E-state index contributed by atoms with van der Waals surface area (Å²) >= 11 is 0. The Morgan fingerprint density at radius 2 is 2.00 bits per heavy atom. The molecule has 88 valence electrons. The van der Waals surface area contributed by atoms with Crippen LogP contribution in [-0.4, -0.2) is 16.0 Å². The zero-order chi connectivity index (χ0) is 11.5. The first-order chi connectivity index (χ1) is 7.66. The summed E-state index contributed by atoms with van der Waals surface area (Å²) in [6, 6.07) is 2.60. The molecule has 2 rings (SSSR count). The molecule has 0 aliphatic heterocycles. The van der Waals surface area contributed by atoms with E-state index in [1.807, 2.05) is 0 Å². The number of aromatic nitrogens is 2. The van der Waals surface area contributed by atoms with E-state index in [2.05, 4.69) is 42.1 Å². The largest absolute Gasteiger partial charge is 0.367 e. The molecule has 3 nitrogen and oxygen atoms in total. The van der Waals surface area contributed by atoms with Crippen molar-refractivity contribution in [3.63, 3.8) is 0 Å². The van der Waals surface area contributed by atoms with E-state index < -0.39 is 0 Å². The second kappa shape index (κ2) is 4.81. The highest BCUT2D eigenvalue weighted by Crippen LogP contribution is 2.30. The lowest BCUT2D eigenvalue weighted by molar-refractivity contribution is 0.285. The summed E-state index contributed by atoms with van der Waals surface area (Å²) in [7, 11) is 0. The Hall–Kier alpha value is -1.12. The molecule has 0 aromatic carbocycles. The average molecular weight is 219 g/mol. The first-order valence-corrected chi connectivity index (χ1v) is 6.25. The Kier molecular flexibility index (Phi) is 3.42. The summed E-state index contributed by atoms with van der Waals surface area (Å²) in [4.78, 5) is 8.55. The van der Waals surface area contributed by atoms with Crippen LogP contribution in [0.25, 0.3) is 0 Å². The van der Waals surface area contributed by atoms with Crippen LogP contribution < -0.4 is 5.32 Å². The maximum absolute atomic E-state index is 4.28. The van der Waals surface area contributed by atoms with Crippen molar-refractivity contribution >= 4 is 5.82 Å². The van der Waals surface area contributed by atoms with Crippen molar-refractivity contribution in [1.29, 1.82) is 0 Å². The van der Waals surface area contributed by atoms with Gasteiger partial charge in [0.25, 0.3) is 0 Å². The van der Waals surface area contributed by atoms with Crippen molar-refractivity contribution in [2.24, 2.45) is 5.92 Å². The second-order valence-electron chi connectivity index (χ2n) is 5.11. The van der Waals surface area contributed by atoms with Crippen LogP contribution in [0, 0.1) is 5.92 Å². The molecule has 1 aromatic heterocycles. The van der Waals surface area contributed by atoms with Crippen LogP contribution in [0.3, 0.4) is 0 Å². The van der Waals surface area contributed by atoms with Crippen LogP contribution in [-0.2, 0) is 0 Å². The number of hydrogen-bond donors (Lipinski definition) is 1. The van der Waals surface area contributed by atoms with Crippen molar-refractivity contribution in [3.8, 4) is 0 Å². The molecule has 1 heterocycles. The third-order valence-corrected chi connectivity index (χ3v) is 3.51. The van der Waals surface area contributed by atoms with Gasteiger partial charge in [-0.15, -0.1) is 0 Å². The molecule has 1 aromatic rings. The number of hydrogen-bond acceptors (Lipinski definition) is 3. The van der Waals surface area contributed by atoms with Gasteiger partial charge in [0.1, 0.15) is 12.1 Å². The van der Waals surface area contributed by atoms with E-state index in [9.17, 15) is 0 Å². The molecule has 1 fully saturated rings. The van der Waals surface area contributed by atoms with Crippen molar-refractivity contribution in [2.45, 2.75) is 52.0 Å². The predicted octanol–water partition coefficient (Wildman–Crippen LogP) is 3.20. The van der Waals surface area contributed by atoms with Crippen LogP contribution in [0.15, 0.2) is 12.4 Å². The molecule has 0 saturated heterocycles. The normalized spacial score (nSPS) is 18.2. The Morgan fingerprint density at radius 3 is 2.56 bits per heavy atom. The smallest absolute Gasteiger partial charge is 0.129 e. The summed E-state index contributed by atoms with van der Waals surface area (Å²) in [5, 5.41) is 3.49. The molecule has 1 unspecified atom stereocenters. The molecule has 1 saturated carbocycles. The van der Waals surface area contributed by atoms with Gasteiger partial charge < -0.3 is 5.32 Å². The lowest BCUT2D eigenvalue weighted by Crippen LogP contribution is -2.31. The summed E-state index contributed by atoms with van der Waals surface area (Å²) < 4.78 is 0. The van der Waals surface area contributed by atoms with E-state index in [1.54, 1.807) is 6.33 Å². The van der Waals surface area contributed by atoms with Gasteiger partial charge in [0.2, 0.25) is 0 Å². The average Bonchev–Trinajstić information content (AvgIpc) is 2.15. The van der Waals surface area contributed by atoms with Gasteiger partial charge >= 0.3 is 0 Å². The highest BCUT2D eigenvalue weighted by atomic mass is 15.0. The minimum absolute atomic E-state index is 0.461. The molecule has 1 N–H and O–H groups in total. The minimum atomic E-state index is 0.461. The zero-order valence-corrected chi connectivity index (χ0v) is 10.4. The van der Waals surface area contributed by atoms with Gasteiger partial charge in [-0.2, -0.15) is 0 Å². The fourth-order valence-electron chi connectivity index (χ4n) is 2.06. The third kappa shape index (κ3) is 2.52. The Labute approximate surface area is 97.7 Å². The van der Waals surface area contributed by atoms with Gasteiger partial charge in [-0.1, -0.05) is 20.3 Å². The number of nitrogens with zero attached hydrogens (tertiary/aromatic N) is 2. The maximum Gasteiger partial charge on any atom is 0.129 e. The van der Waals surface area contributed by atoms with Crippen molar-refractivity contribution in [3.05, 3.63) is 18.1 Å². The van der Waals surface area contributed by atoms with E-state index >= 15 is 0 Å². The standard InChI is InChI=1S/C13H21N3/c1-9(2)12-7-13(15-8-14-12)16-10(3)11-5-4-6-11/h7-11H,4-6H2,1-3H3,(H,14,15,16). The third-order valence-electron chi connectivity index (χ3n) is 3.51. The Morgan fingerprint density at radius 1 is 1.25 bits per heavy atom. The van der Waals surface area contributed by atoms with Gasteiger partial charge in [-0.05, 0) is 31.6 Å². The van der Waals surface area contributed by atoms with Crippen LogP contribution in [0.5, 0.6) is 0 Å². The van der Waals surface area contributed by atoms with Crippen molar-refractivity contribution < 1.29 is 0 Å². The number of anilines is 1.